The van der Waals surface area contributed by atoms with Crippen LogP contribution in [0.25, 0.3) is 0 Å². The first kappa shape index (κ1) is 11.9. The second-order valence-electron chi connectivity index (χ2n) is 3.84. The molecule has 1 rings (SSSR count). The molecule has 0 aliphatic rings. The fourth-order valence-electron chi connectivity index (χ4n) is 1.81. The lowest BCUT2D eigenvalue weighted by molar-refractivity contribution is -0.832. The second kappa shape index (κ2) is 6.36. The molecule has 0 aromatic heterocycles. The van der Waals surface area contributed by atoms with Gasteiger partial charge < -0.3 is 4.90 Å². The Morgan fingerprint density at radius 1 is 1.07 bits per heavy atom. The van der Waals surface area contributed by atoms with E-state index in [1.165, 1.54) is 23.4 Å². The minimum atomic E-state index is 0.756. The maximum absolute atomic E-state index is 10.5. The molecule has 15 heavy (non-hydrogen) atoms. The van der Waals surface area contributed by atoms with Crippen molar-refractivity contribution in [3.8, 4) is 0 Å². The number of rotatable bonds is 6. The molecule has 0 fully saturated rings. The molecular weight excluding hydrogens is 186 g/mol. The first-order chi connectivity index (χ1) is 7.31. The molecule has 1 aromatic rings. The van der Waals surface area contributed by atoms with E-state index in [-0.39, 0.29) is 0 Å². The molecule has 0 aliphatic carbocycles. The van der Waals surface area contributed by atoms with Crippen LogP contribution in [-0.4, -0.2) is 19.4 Å². The van der Waals surface area contributed by atoms with Crippen LogP contribution in [0.2, 0.25) is 0 Å². The van der Waals surface area contributed by atoms with Crippen LogP contribution in [-0.2, 0) is 0 Å². The van der Waals surface area contributed by atoms with Crippen LogP contribution >= 0.6 is 0 Å². The van der Waals surface area contributed by atoms with Gasteiger partial charge in [0, 0.05) is 5.56 Å². The Bertz CT molecular complexity index is 286. The number of hydrogen-bond acceptors (Lipinski definition) is 1. The van der Waals surface area contributed by atoms with E-state index in [4.69, 9.17) is 0 Å². The van der Waals surface area contributed by atoms with E-state index < -0.39 is 0 Å². The van der Waals surface area contributed by atoms with Crippen LogP contribution in [0.3, 0.4) is 0 Å². The molecular formula is C13H20NO+. The molecule has 2 heteroatoms. The normalized spacial score (nSPS) is 10.6. The van der Waals surface area contributed by atoms with Crippen molar-refractivity contribution >= 4 is 12.0 Å². The SMILES string of the molecule is CCC[NH+](CCC)c1ccc(C=O)cc1. The number of hydrogen-bond donors (Lipinski definition) is 1. The van der Waals surface area contributed by atoms with Crippen molar-refractivity contribution in [2.24, 2.45) is 0 Å². The van der Waals surface area contributed by atoms with Gasteiger partial charge in [0.1, 0.15) is 12.0 Å². The molecule has 82 valence electrons. The first-order valence-electron chi connectivity index (χ1n) is 5.72. The molecule has 0 unspecified atom stereocenters. The quantitative estimate of drug-likeness (QED) is 0.705. The molecule has 0 saturated carbocycles. The van der Waals surface area contributed by atoms with Gasteiger partial charge in [-0.2, -0.15) is 0 Å². The van der Waals surface area contributed by atoms with E-state index in [0.717, 1.165) is 24.9 Å². The summed E-state index contributed by atoms with van der Waals surface area (Å²) in [5.74, 6) is 0. The van der Waals surface area contributed by atoms with Crippen molar-refractivity contribution in [2.45, 2.75) is 26.7 Å². The number of nitrogens with one attached hydrogen (secondary N) is 1. The van der Waals surface area contributed by atoms with Gasteiger partial charge in [0.05, 0.1) is 13.1 Å². The predicted octanol–water partition coefficient (Wildman–Crippen LogP) is 1.84. The Kier molecular flexibility index (Phi) is 5.05. The number of carbonyl (C=O) groups excluding carboxylic acids is 1. The smallest absolute Gasteiger partial charge is 0.150 e. The van der Waals surface area contributed by atoms with Crippen LogP contribution in [0.1, 0.15) is 37.0 Å². The van der Waals surface area contributed by atoms with Gasteiger partial charge in [-0.05, 0) is 37.1 Å². The van der Waals surface area contributed by atoms with Crippen molar-refractivity contribution in [3.05, 3.63) is 29.8 Å². The average Bonchev–Trinajstić information content (AvgIpc) is 2.29. The van der Waals surface area contributed by atoms with Crippen molar-refractivity contribution in [1.82, 2.24) is 0 Å². The summed E-state index contributed by atoms with van der Waals surface area (Å²) in [6.07, 6.45) is 3.26. The Hall–Kier alpha value is -1.15. The maximum atomic E-state index is 10.5. The molecule has 1 N–H and O–H groups in total. The van der Waals surface area contributed by atoms with Gasteiger partial charge in [-0.25, -0.2) is 0 Å². The third kappa shape index (κ3) is 3.48. The summed E-state index contributed by atoms with van der Waals surface area (Å²) in [6.45, 7) is 6.73. The van der Waals surface area contributed by atoms with Gasteiger partial charge in [0.25, 0.3) is 0 Å². The minimum Gasteiger partial charge on any atom is -0.303 e. The van der Waals surface area contributed by atoms with E-state index in [0.29, 0.717) is 0 Å². The van der Waals surface area contributed by atoms with Crippen molar-refractivity contribution < 1.29 is 9.69 Å². The van der Waals surface area contributed by atoms with Crippen molar-refractivity contribution in [2.75, 3.05) is 13.1 Å². The highest BCUT2D eigenvalue weighted by Crippen LogP contribution is 2.03. The molecule has 1 aromatic carbocycles. The summed E-state index contributed by atoms with van der Waals surface area (Å²) in [7, 11) is 0. The van der Waals surface area contributed by atoms with Gasteiger partial charge in [-0.1, -0.05) is 13.8 Å². The summed E-state index contributed by atoms with van der Waals surface area (Å²) in [5, 5.41) is 0. The third-order valence-electron chi connectivity index (χ3n) is 2.56. The van der Waals surface area contributed by atoms with Crippen LogP contribution in [0, 0.1) is 0 Å². The number of quaternary nitrogens is 1. The summed E-state index contributed by atoms with van der Waals surface area (Å²) in [4.78, 5) is 12.0. The van der Waals surface area contributed by atoms with Gasteiger partial charge in [0.2, 0.25) is 0 Å². The van der Waals surface area contributed by atoms with E-state index >= 15 is 0 Å². The summed E-state index contributed by atoms with van der Waals surface area (Å²) in [6, 6.07) is 7.91. The average molecular weight is 206 g/mol. The van der Waals surface area contributed by atoms with E-state index in [9.17, 15) is 4.79 Å². The maximum Gasteiger partial charge on any atom is 0.150 e. The number of carbonyl (C=O) groups is 1. The Labute approximate surface area is 91.9 Å². The Morgan fingerprint density at radius 2 is 1.60 bits per heavy atom. The number of aldehydes is 1. The standard InChI is InChI=1S/C13H19NO/c1-3-9-14(10-4-2)13-7-5-12(11-15)6-8-13/h5-8,11H,3-4,9-10H2,1-2H3/p+1. The molecule has 0 radical (unpaired) electrons. The van der Waals surface area contributed by atoms with Gasteiger partial charge >= 0.3 is 0 Å². The van der Waals surface area contributed by atoms with Crippen molar-refractivity contribution in [3.63, 3.8) is 0 Å². The van der Waals surface area contributed by atoms with Gasteiger partial charge in [-0.15, -0.1) is 0 Å². The summed E-state index contributed by atoms with van der Waals surface area (Å²) in [5.41, 5.74) is 2.05. The highest BCUT2D eigenvalue weighted by molar-refractivity contribution is 5.75. The van der Waals surface area contributed by atoms with E-state index in [1.54, 1.807) is 0 Å². The highest BCUT2D eigenvalue weighted by atomic mass is 16.1. The lowest BCUT2D eigenvalue weighted by Gasteiger charge is -2.17. The van der Waals surface area contributed by atoms with Crippen LogP contribution < -0.4 is 4.90 Å². The first-order valence-corrected chi connectivity index (χ1v) is 5.72. The predicted molar refractivity (Wildman–Crippen MR) is 62.8 cm³/mol. The minimum absolute atomic E-state index is 0.756. The van der Waals surface area contributed by atoms with Gasteiger partial charge in [0.15, 0.2) is 0 Å². The molecule has 0 bridgehead atoms. The molecule has 0 aliphatic heterocycles. The van der Waals surface area contributed by atoms with Crippen molar-refractivity contribution in [1.29, 1.82) is 0 Å². The van der Waals surface area contributed by atoms with E-state index in [2.05, 4.69) is 26.0 Å². The van der Waals surface area contributed by atoms with Crippen LogP contribution in [0.4, 0.5) is 5.69 Å². The second-order valence-corrected chi connectivity index (χ2v) is 3.84. The number of benzene rings is 1. The molecule has 0 saturated heterocycles. The van der Waals surface area contributed by atoms with Gasteiger partial charge in [-0.3, -0.25) is 4.79 Å². The summed E-state index contributed by atoms with van der Waals surface area (Å²) >= 11 is 0. The monoisotopic (exact) mass is 206 g/mol. The fourth-order valence-corrected chi connectivity index (χ4v) is 1.81. The van der Waals surface area contributed by atoms with E-state index in [1.807, 2.05) is 12.1 Å². The largest absolute Gasteiger partial charge is 0.303 e. The summed E-state index contributed by atoms with van der Waals surface area (Å²) < 4.78 is 0. The highest BCUT2D eigenvalue weighted by Gasteiger charge is 2.09. The van der Waals surface area contributed by atoms with Crippen LogP contribution in [0.5, 0.6) is 0 Å². The zero-order valence-electron chi connectivity index (χ0n) is 9.62. The molecule has 0 amide bonds. The topological polar surface area (TPSA) is 21.5 Å². The van der Waals surface area contributed by atoms with Crippen LogP contribution in [0.15, 0.2) is 24.3 Å². The molecule has 0 atom stereocenters. The molecule has 0 spiro atoms. The lowest BCUT2D eigenvalue weighted by Crippen LogP contribution is -3.07. The fraction of sp³-hybridized carbons (Fsp3) is 0.462. The molecule has 2 nitrogen and oxygen atoms in total. The Morgan fingerprint density at radius 3 is 2.00 bits per heavy atom. The third-order valence-corrected chi connectivity index (χ3v) is 2.56. The Balaban J connectivity index is 2.76. The lowest BCUT2D eigenvalue weighted by atomic mass is 10.2. The zero-order valence-corrected chi connectivity index (χ0v) is 9.62. The molecule has 0 heterocycles. The zero-order chi connectivity index (χ0) is 11.1.